The Hall–Kier alpha value is -1.98. The molecule has 21 heavy (non-hydrogen) atoms. The van der Waals surface area contributed by atoms with Gasteiger partial charge in [-0.3, -0.25) is 4.79 Å². The molecule has 0 bridgehead atoms. The van der Waals surface area contributed by atoms with E-state index in [1.165, 1.54) is 0 Å². The second-order valence-corrected chi connectivity index (χ2v) is 5.03. The number of aromatic nitrogens is 2. The molecule has 114 valence electrons. The lowest BCUT2D eigenvalue weighted by atomic mass is 10.0. The third-order valence-corrected chi connectivity index (χ3v) is 3.72. The van der Waals surface area contributed by atoms with Gasteiger partial charge in [0.05, 0.1) is 17.5 Å². The summed E-state index contributed by atoms with van der Waals surface area (Å²) in [5, 5.41) is 8.86. The van der Waals surface area contributed by atoms with Crippen molar-refractivity contribution in [3.8, 4) is 0 Å². The summed E-state index contributed by atoms with van der Waals surface area (Å²) in [6.07, 6.45) is 1.58. The lowest BCUT2D eigenvalue weighted by molar-refractivity contribution is -0.137. The number of halogens is 2. The van der Waals surface area contributed by atoms with Crippen LogP contribution in [0.3, 0.4) is 0 Å². The molecule has 0 unspecified atom stereocenters. The number of carboxylic acids is 1. The number of aliphatic carboxylic acids is 1. The fourth-order valence-corrected chi connectivity index (χ4v) is 2.55. The second-order valence-electron chi connectivity index (χ2n) is 5.03. The molecule has 0 spiro atoms. The van der Waals surface area contributed by atoms with E-state index in [0.29, 0.717) is 16.9 Å². The molecule has 1 N–H and O–H groups in total. The van der Waals surface area contributed by atoms with Crippen molar-refractivity contribution in [2.24, 2.45) is 0 Å². The minimum Gasteiger partial charge on any atom is -0.481 e. The largest absolute Gasteiger partial charge is 0.481 e. The zero-order valence-electron chi connectivity index (χ0n) is 12.1. The Bertz CT molecular complexity index is 663. The first-order valence-corrected chi connectivity index (χ1v) is 7.04. The number of rotatable bonds is 6. The van der Waals surface area contributed by atoms with Crippen LogP contribution in [0, 0.1) is 11.6 Å². The number of aryl methyl sites for hydroxylation is 1. The highest BCUT2D eigenvalue weighted by Crippen LogP contribution is 2.28. The number of hydrogen-bond donors (Lipinski definition) is 1. The summed E-state index contributed by atoms with van der Waals surface area (Å²) in [7, 11) is 0. The van der Waals surface area contributed by atoms with Crippen molar-refractivity contribution in [2.45, 2.75) is 45.6 Å². The fourth-order valence-electron chi connectivity index (χ4n) is 2.55. The third kappa shape index (κ3) is 3.04. The highest BCUT2D eigenvalue weighted by atomic mass is 19.2. The smallest absolute Gasteiger partial charge is 0.305 e. The Kier molecular flexibility index (Phi) is 4.55. The van der Waals surface area contributed by atoms with Crippen LogP contribution in [-0.2, 0) is 11.3 Å². The summed E-state index contributed by atoms with van der Waals surface area (Å²) in [5.74, 6) is -2.00. The van der Waals surface area contributed by atoms with Gasteiger partial charge in [0, 0.05) is 24.6 Å². The monoisotopic (exact) mass is 296 g/mol. The predicted molar refractivity (Wildman–Crippen MR) is 75.2 cm³/mol. The molecule has 1 aromatic carbocycles. The summed E-state index contributed by atoms with van der Waals surface area (Å²) < 4.78 is 28.5. The maximum atomic E-state index is 13.5. The Morgan fingerprint density at radius 3 is 2.48 bits per heavy atom. The molecule has 0 saturated carbocycles. The topological polar surface area (TPSA) is 55.1 Å². The van der Waals surface area contributed by atoms with E-state index in [9.17, 15) is 13.6 Å². The van der Waals surface area contributed by atoms with Crippen molar-refractivity contribution in [1.29, 1.82) is 0 Å². The summed E-state index contributed by atoms with van der Waals surface area (Å²) in [6, 6.07) is 2.15. The lowest BCUT2D eigenvalue weighted by Crippen LogP contribution is -2.11. The van der Waals surface area contributed by atoms with Crippen LogP contribution in [0.4, 0.5) is 8.78 Å². The van der Waals surface area contributed by atoms with Gasteiger partial charge in [-0.25, -0.2) is 13.8 Å². The molecule has 0 saturated heterocycles. The van der Waals surface area contributed by atoms with Gasteiger partial charge in [-0.15, -0.1) is 0 Å². The molecule has 4 nitrogen and oxygen atoms in total. The Morgan fingerprint density at radius 1 is 1.29 bits per heavy atom. The molecule has 1 aromatic heterocycles. The quantitative estimate of drug-likeness (QED) is 0.884. The van der Waals surface area contributed by atoms with Crippen LogP contribution >= 0.6 is 0 Å². The SMILES string of the molecule is CCC(CC)c1nc2cc(F)c(F)cc2n1CCC(=O)O. The van der Waals surface area contributed by atoms with E-state index in [1.54, 1.807) is 4.57 Å². The minimum absolute atomic E-state index is 0.0857. The van der Waals surface area contributed by atoms with E-state index in [1.807, 2.05) is 13.8 Å². The van der Waals surface area contributed by atoms with E-state index < -0.39 is 17.6 Å². The molecule has 1 heterocycles. The van der Waals surface area contributed by atoms with Crippen molar-refractivity contribution in [3.63, 3.8) is 0 Å². The van der Waals surface area contributed by atoms with E-state index in [-0.39, 0.29) is 18.9 Å². The number of nitrogens with zero attached hydrogens (tertiary/aromatic N) is 2. The van der Waals surface area contributed by atoms with Gasteiger partial charge in [0.25, 0.3) is 0 Å². The molecule has 0 atom stereocenters. The summed E-state index contributed by atoms with van der Waals surface area (Å²) >= 11 is 0. The van der Waals surface area contributed by atoms with Crippen LogP contribution < -0.4 is 0 Å². The standard InChI is InChI=1S/C15H18F2N2O2/c1-3-9(4-2)15-18-12-7-10(16)11(17)8-13(12)19(15)6-5-14(20)21/h7-9H,3-6H2,1-2H3,(H,20,21). The zero-order chi connectivity index (χ0) is 15.6. The summed E-state index contributed by atoms with van der Waals surface area (Å²) in [4.78, 5) is 15.2. The molecular formula is C15H18F2N2O2. The van der Waals surface area contributed by atoms with Crippen molar-refractivity contribution < 1.29 is 18.7 Å². The molecule has 0 fully saturated rings. The zero-order valence-corrected chi connectivity index (χ0v) is 12.1. The highest BCUT2D eigenvalue weighted by Gasteiger charge is 2.19. The molecule has 0 aliphatic heterocycles. The first kappa shape index (κ1) is 15.4. The lowest BCUT2D eigenvalue weighted by Gasteiger charge is -2.14. The van der Waals surface area contributed by atoms with Crippen molar-refractivity contribution in [1.82, 2.24) is 9.55 Å². The molecule has 2 rings (SSSR count). The van der Waals surface area contributed by atoms with Gasteiger partial charge in [-0.2, -0.15) is 0 Å². The van der Waals surface area contributed by atoms with Crippen molar-refractivity contribution >= 4 is 17.0 Å². The molecule has 0 aliphatic carbocycles. The highest BCUT2D eigenvalue weighted by molar-refractivity contribution is 5.77. The molecule has 6 heteroatoms. The Labute approximate surface area is 121 Å². The van der Waals surface area contributed by atoms with Crippen LogP contribution in [0.25, 0.3) is 11.0 Å². The maximum Gasteiger partial charge on any atom is 0.305 e. The van der Waals surface area contributed by atoms with E-state index in [0.717, 1.165) is 25.0 Å². The number of benzene rings is 1. The molecule has 0 aliphatic rings. The first-order chi connectivity index (χ1) is 9.97. The van der Waals surface area contributed by atoms with E-state index in [4.69, 9.17) is 5.11 Å². The molecule has 0 amide bonds. The second kappa shape index (κ2) is 6.20. The normalized spacial score (nSPS) is 11.5. The van der Waals surface area contributed by atoms with Gasteiger partial charge in [-0.05, 0) is 12.8 Å². The first-order valence-electron chi connectivity index (χ1n) is 7.04. The Morgan fingerprint density at radius 2 is 1.90 bits per heavy atom. The third-order valence-electron chi connectivity index (χ3n) is 3.72. The van der Waals surface area contributed by atoms with E-state index in [2.05, 4.69) is 4.98 Å². The van der Waals surface area contributed by atoms with Crippen LogP contribution in [-0.4, -0.2) is 20.6 Å². The fraction of sp³-hybridized carbons (Fsp3) is 0.467. The average molecular weight is 296 g/mol. The van der Waals surface area contributed by atoms with Crippen LogP contribution in [0.5, 0.6) is 0 Å². The van der Waals surface area contributed by atoms with Crippen molar-refractivity contribution in [2.75, 3.05) is 0 Å². The number of hydrogen-bond acceptors (Lipinski definition) is 2. The Balaban J connectivity index is 2.59. The van der Waals surface area contributed by atoms with Gasteiger partial charge in [0.2, 0.25) is 0 Å². The summed E-state index contributed by atoms with van der Waals surface area (Å²) in [5.41, 5.74) is 0.804. The van der Waals surface area contributed by atoms with Gasteiger partial charge in [0.15, 0.2) is 11.6 Å². The number of carboxylic acid groups (broad SMARTS) is 1. The molecule has 2 aromatic rings. The van der Waals surface area contributed by atoms with Gasteiger partial charge in [-0.1, -0.05) is 13.8 Å². The van der Waals surface area contributed by atoms with Crippen molar-refractivity contribution in [3.05, 3.63) is 29.6 Å². The summed E-state index contributed by atoms with van der Waals surface area (Å²) in [6.45, 7) is 4.22. The number of carbonyl (C=O) groups is 1. The van der Waals surface area contributed by atoms with Crippen LogP contribution in [0.2, 0.25) is 0 Å². The predicted octanol–water partition coefficient (Wildman–Crippen LogP) is 3.69. The van der Waals surface area contributed by atoms with Gasteiger partial charge < -0.3 is 9.67 Å². The number of fused-ring (bicyclic) bond motifs is 1. The molecular weight excluding hydrogens is 278 g/mol. The van der Waals surface area contributed by atoms with E-state index >= 15 is 0 Å². The number of imidazole rings is 1. The van der Waals surface area contributed by atoms with Crippen LogP contribution in [0.15, 0.2) is 12.1 Å². The molecule has 0 radical (unpaired) electrons. The minimum atomic E-state index is -0.949. The van der Waals surface area contributed by atoms with Crippen LogP contribution in [0.1, 0.15) is 44.9 Å². The average Bonchev–Trinajstić information content (AvgIpc) is 2.76. The van der Waals surface area contributed by atoms with Gasteiger partial charge in [0.1, 0.15) is 5.82 Å². The van der Waals surface area contributed by atoms with Gasteiger partial charge >= 0.3 is 5.97 Å². The maximum absolute atomic E-state index is 13.5.